The fourth-order valence-corrected chi connectivity index (χ4v) is 2.66. The number of nitrogen functional groups attached to an aromatic ring is 1. The fraction of sp³-hybridized carbons (Fsp3) is 0.385. The van der Waals surface area contributed by atoms with E-state index in [-0.39, 0.29) is 12.5 Å². The minimum absolute atomic E-state index is 0.176. The van der Waals surface area contributed by atoms with Gasteiger partial charge in [-0.1, -0.05) is 0 Å². The van der Waals surface area contributed by atoms with Gasteiger partial charge in [0, 0.05) is 23.2 Å². The van der Waals surface area contributed by atoms with Gasteiger partial charge < -0.3 is 15.7 Å². The van der Waals surface area contributed by atoms with Crippen LogP contribution in [0.3, 0.4) is 0 Å². The number of aliphatic carboxylic acids is 1. The third kappa shape index (κ3) is 3.07. The van der Waals surface area contributed by atoms with Crippen molar-refractivity contribution in [2.24, 2.45) is 5.92 Å². The molecule has 1 heterocycles. The second-order valence-corrected chi connectivity index (χ2v) is 5.52. The van der Waals surface area contributed by atoms with Gasteiger partial charge in [-0.3, -0.25) is 9.59 Å². The highest BCUT2D eigenvalue weighted by molar-refractivity contribution is 9.10. The number of carboxylic acid groups (broad SMARTS) is 1. The molecule has 0 aliphatic carbocycles. The number of hydrogen-bond donors (Lipinski definition) is 2. The van der Waals surface area contributed by atoms with Crippen LogP contribution in [0.15, 0.2) is 22.7 Å². The molecule has 1 aliphatic rings. The Morgan fingerprint density at radius 3 is 2.84 bits per heavy atom. The summed E-state index contributed by atoms with van der Waals surface area (Å²) in [6.45, 7) is 0.846. The molecule has 0 bridgehead atoms. The summed E-state index contributed by atoms with van der Waals surface area (Å²) in [6.07, 6.45) is 1.33. The molecule has 5 nitrogen and oxygen atoms in total. The number of nitrogens with zero attached hydrogens (tertiary/aromatic N) is 1. The average Bonchev–Trinajstić information content (AvgIpc) is 2.41. The Hall–Kier alpha value is -1.56. The van der Waals surface area contributed by atoms with Crippen LogP contribution in [0.5, 0.6) is 0 Å². The molecule has 1 saturated heterocycles. The Morgan fingerprint density at radius 1 is 1.42 bits per heavy atom. The van der Waals surface area contributed by atoms with E-state index in [0.29, 0.717) is 35.1 Å². The summed E-state index contributed by atoms with van der Waals surface area (Å²) in [6, 6.07) is 5.04. The third-order valence-electron chi connectivity index (χ3n) is 3.28. The van der Waals surface area contributed by atoms with E-state index in [2.05, 4.69) is 15.9 Å². The van der Waals surface area contributed by atoms with Gasteiger partial charge in [0.2, 0.25) is 0 Å². The van der Waals surface area contributed by atoms with Crippen molar-refractivity contribution in [2.75, 3.05) is 18.8 Å². The van der Waals surface area contributed by atoms with Gasteiger partial charge in [0.15, 0.2) is 0 Å². The highest BCUT2D eigenvalue weighted by Gasteiger charge is 2.29. The van der Waals surface area contributed by atoms with Crippen LogP contribution in [-0.4, -0.2) is 35.0 Å². The first-order valence-electron chi connectivity index (χ1n) is 6.06. The number of rotatable bonds is 2. The molecule has 1 fully saturated rings. The molecule has 0 unspecified atom stereocenters. The molecule has 0 radical (unpaired) electrons. The van der Waals surface area contributed by atoms with Gasteiger partial charge in [0.05, 0.1) is 11.5 Å². The molecule has 2 rings (SSSR count). The number of likely N-dealkylation sites (tertiary alicyclic amines) is 1. The maximum absolute atomic E-state index is 12.4. The lowest BCUT2D eigenvalue weighted by Crippen LogP contribution is -2.42. The molecule has 1 amide bonds. The Kier molecular flexibility index (Phi) is 4.09. The van der Waals surface area contributed by atoms with Crippen molar-refractivity contribution in [3.05, 3.63) is 28.2 Å². The van der Waals surface area contributed by atoms with E-state index in [1.54, 1.807) is 23.1 Å². The topological polar surface area (TPSA) is 83.6 Å². The molecule has 1 aromatic rings. The number of carbonyl (C=O) groups excluding carboxylic acids is 1. The fourth-order valence-electron chi connectivity index (χ4n) is 2.24. The molecule has 3 N–H and O–H groups in total. The highest BCUT2D eigenvalue weighted by Crippen LogP contribution is 2.24. The molecule has 102 valence electrons. The molecular weight excluding hydrogens is 312 g/mol. The Bertz CT molecular complexity index is 519. The Morgan fingerprint density at radius 2 is 2.16 bits per heavy atom. The van der Waals surface area contributed by atoms with E-state index in [1.165, 1.54) is 0 Å². The summed E-state index contributed by atoms with van der Waals surface area (Å²) in [5.74, 6) is -1.49. The van der Waals surface area contributed by atoms with E-state index in [4.69, 9.17) is 10.8 Å². The first-order chi connectivity index (χ1) is 8.99. The number of carbonyl (C=O) groups is 2. The molecule has 1 aliphatic heterocycles. The predicted molar refractivity (Wildman–Crippen MR) is 74.8 cm³/mol. The molecule has 0 saturated carbocycles. The summed E-state index contributed by atoms with van der Waals surface area (Å²) in [5.41, 5.74) is 6.67. The number of benzene rings is 1. The second-order valence-electron chi connectivity index (χ2n) is 4.67. The lowest BCUT2D eigenvalue weighted by atomic mass is 9.97. The van der Waals surface area contributed by atoms with Crippen LogP contribution in [0.25, 0.3) is 0 Å². The lowest BCUT2D eigenvalue weighted by Gasteiger charge is -2.31. The molecular formula is C13H15BrN2O3. The molecule has 6 heteroatoms. The smallest absolute Gasteiger partial charge is 0.308 e. The second kappa shape index (κ2) is 5.61. The molecule has 1 aromatic carbocycles. The average molecular weight is 327 g/mol. The van der Waals surface area contributed by atoms with Crippen molar-refractivity contribution in [1.29, 1.82) is 0 Å². The lowest BCUT2D eigenvalue weighted by molar-refractivity contribution is -0.143. The molecule has 0 spiro atoms. The number of amides is 1. The van der Waals surface area contributed by atoms with Gasteiger partial charge in [-0.15, -0.1) is 0 Å². The minimum atomic E-state index is -0.843. The normalized spacial score (nSPS) is 19.2. The van der Waals surface area contributed by atoms with Crippen LogP contribution in [-0.2, 0) is 4.79 Å². The van der Waals surface area contributed by atoms with Crippen LogP contribution in [0.2, 0.25) is 0 Å². The first kappa shape index (κ1) is 13.9. The van der Waals surface area contributed by atoms with Crippen LogP contribution < -0.4 is 5.73 Å². The zero-order valence-corrected chi connectivity index (χ0v) is 11.9. The summed E-state index contributed by atoms with van der Waals surface area (Å²) in [5, 5.41) is 9.04. The Balaban J connectivity index is 2.19. The zero-order chi connectivity index (χ0) is 14.0. The van der Waals surface area contributed by atoms with E-state index < -0.39 is 11.9 Å². The van der Waals surface area contributed by atoms with Crippen LogP contribution >= 0.6 is 15.9 Å². The van der Waals surface area contributed by atoms with Gasteiger partial charge >= 0.3 is 5.97 Å². The van der Waals surface area contributed by atoms with Crippen LogP contribution in [0.4, 0.5) is 5.69 Å². The van der Waals surface area contributed by atoms with Crippen molar-refractivity contribution >= 4 is 33.5 Å². The number of hydrogen-bond acceptors (Lipinski definition) is 3. The zero-order valence-electron chi connectivity index (χ0n) is 10.3. The number of piperidine rings is 1. The highest BCUT2D eigenvalue weighted by atomic mass is 79.9. The monoisotopic (exact) mass is 326 g/mol. The number of carboxylic acids is 1. The van der Waals surface area contributed by atoms with E-state index in [0.717, 1.165) is 0 Å². The summed E-state index contributed by atoms with van der Waals surface area (Å²) >= 11 is 3.32. The third-order valence-corrected chi connectivity index (χ3v) is 3.97. The largest absolute Gasteiger partial charge is 0.481 e. The van der Waals surface area contributed by atoms with Gasteiger partial charge in [-0.25, -0.2) is 0 Å². The molecule has 19 heavy (non-hydrogen) atoms. The molecule has 0 aromatic heterocycles. The SMILES string of the molecule is Nc1ccc(Br)c(C(=O)N2CCC[C@@H](C(=O)O)C2)c1. The van der Waals surface area contributed by atoms with E-state index >= 15 is 0 Å². The maximum Gasteiger partial charge on any atom is 0.308 e. The van der Waals surface area contributed by atoms with Gasteiger partial charge in [0.25, 0.3) is 5.91 Å². The quantitative estimate of drug-likeness (QED) is 0.814. The summed E-state index contributed by atoms with van der Waals surface area (Å²) in [7, 11) is 0. The van der Waals surface area contributed by atoms with Crippen LogP contribution in [0.1, 0.15) is 23.2 Å². The van der Waals surface area contributed by atoms with Crippen molar-refractivity contribution in [1.82, 2.24) is 4.90 Å². The van der Waals surface area contributed by atoms with E-state index in [9.17, 15) is 9.59 Å². The first-order valence-corrected chi connectivity index (χ1v) is 6.85. The van der Waals surface area contributed by atoms with E-state index in [1.807, 2.05) is 0 Å². The Labute approximate surface area is 119 Å². The van der Waals surface area contributed by atoms with Crippen LogP contribution in [0, 0.1) is 5.92 Å². The minimum Gasteiger partial charge on any atom is -0.481 e. The maximum atomic E-state index is 12.4. The number of halogens is 1. The van der Waals surface area contributed by atoms with Gasteiger partial charge in [-0.05, 0) is 47.0 Å². The molecule has 1 atom stereocenters. The summed E-state index contributed by atoms with van der Waals surface area (Å²) in [4.78, 5) is 25.0. The number of anilines is 1. The standard InChI is InChI=1S/C13H15BrN2O3/c14-11-4-3-9(15)6-10(11)12(17)16-5-1-2-8(7-16)13(18)19/h3-4,6,8H,1-2,5,7,15H2,(H,18,19)/t8-/m1/s1. The van der Waals surface area contributed by atoms with Crippen molar-refractivity contribution < 1.29 is 14.7 Å². The van der Waals surface area contributed by atoms with Crippen molar-refractivity contribution in [2.45, 2.75) is 12.8 Å². The van der Waals surface area contributed by atoms with Crippen molar-refractivity contribution in [3.63, 3.8) is 0 Å². The van der Waals surface area contributed by atoms with Gasteiger partial charge in [-0.2, -0.15) is 0 Å². The summed E-state index contributed by atoms with van der Waals surface area (Å²) < 4.78 is 0.671. The van der Waals surface area contributed by atoms with Gasteiger partial charge in [0.1, 0.15) is 0 Å². The number of nitrogens with two attached hydrogens (primary N) is 1. The van der Waals surface area contributed by atoms with Crippen molar-refractivity contribution in [3.8, 4) is 0 Å². The predicted octanol–water partition coefficient (Wildman–Crippen LogP) is 1.97.